The van der Waals surface area contributed by atoms with Crippen LogP contribution in [0.4, 0.5) is 0 Å². The van der Waals surface area contributed by atoms with Crippen LogP contribution in [0.1, 0.15) is 84.5 Å². The Morgan fingerprint density at radius 1 is 0.722 bits per heavy atom. The number of unbranched alkanes of at least 4 members (excludes halogenated alkanes) is 8. The van der Waals surface area contributed by atoms with Crippen LogP contribution < -0.4 is 5.32 Å². The maximum absolute atomic E-state index is 9.58. The summed E-state index contributed by atoms with van der Waals surface area (Å²) in [5, 5.41) is 21.6. The lowest BCUT2D eigenvalue weighted by Gasteiger charge is -2.16. The highest BCUT2D eigenvalue weighted by atomic mass is 16.3. The van der Waals surface area contributed by atoms with E-state index < -0.39 is 12.5 Å². The van der Waals surface area contributed by atoms with Crippen molar-refractivity contribution in [3.8, 4) is 0 Å². The summed E-state index contributed by atoms with van der Waals surface area (Å²) in [6.07, 6.45) is 11.9. The molecule has 3 nitrogen and oxygen atoms in total. The molecule has 3 N–H and O–H groups in total. The molecule has 110 valence electrons. The Bertz CT molecular complexity index is 165. The summed E-state index contributed by atoms with van der Waals surface area (Å²) >= 11 is 0. The molecule has 0 saturated carbocycles. The van der Waals surface area contributed by atoms with Crippen LogP contribution in [-0.4, -0.2) is 22.7 Å². The largest absolute Gasteiger partial charge is 0.379 e. The van der Waals surface area contributed by atoms with Crippen LogP contribution in [0.25, 0.3) is 0 Å². The first-order valence-electron chi connectivity index (χ1n) is 7.82. The van der Waals surface area contributed by atoms with Crippen molar-refractivity contribution in [1.29, 1.82) is 0 Å². The summed E-state index contributed by atoms with van der Waals surface area (Å²) in [7, 11) is 0. The predicted octanol–water partition coefficient (Wildman–Crippen LogP) is 3.54. The lowest BCUT2D eigenvalue weighted by molar-refractivity contribution is 0.0348. The summed E-state index contributed by atoms with van der Waals surface area (Å²) < 4.78 is 0. The Labute approximate surface area is 113 Å². The quantitative estimate of drug-likeness (QED) is 0.350. The van der Waals surface area contributed by atoms with Crippen molar-refractivity contribution in [3.05, 3.63) is 0 Å². The van der Waals surface area contributed by atoms with E-state index in [9.17, 15) is 10.2 Å². The molecule has 0 heterocycles. The van der Waals surface area contributed by atoms with Gasteiger partial charge in [-0.15, -0.1) is 0 Å². The molecule has 0 fully saturated rings. The van der Waals surface area contributed by atoms with E-state index in [2.05, 4.69) is 12.2 Å². The Morgan fingerprint density at radius 2 is 1.22 bits per heavy atom. The molecule has 2 atom stereocenters. The first kappa shape index (κ1) is 17.9. The van der Waals surface area contributed by atoms with Gasteiger partial charge in [0.1, 0.15) is 12.5 Å². The van der Waals surface area contributed by atoms with Crippen LogP contribution in [0.5, 0.6) is 0 Å². The van der Waals surface area contributed by atoms with E-state index in [0.717, 1.165) is 12.8 Å². The van der Waals surface area contributed by atoms with Gasteiger partial charge in [0, 0.05) is 0 Å². The topological polar surface area (TPSA) is 52.5 Å². The highest BCUT2D eigenvalue weighted by Gasteiger charge is 2.07. The summed E-state index contributed by atoms with van der Waals surface area (Å²) in [6, 6.07) is 0. The highest BCUT2D eigenvalue weighted by molar-refractivity contribution is 4.57. The van der Waals surface area contributed by atoms with Crippen molar-refractivity contribution in [2.24, 2.45) is 0 Å². The molecule has 0 spiro atoms. The zero-order valence-electron chi connectivity index (χ0n) is 12.3. The van der Waals surface area contributed by atoms with Gasteiger partial charge in [-0.2, -0.15) is 0 Å². The molecule has 0 bridgehead atoms. The Kier molecular flexibility index (Phi) is 13.2. The minimum Gasteiger partial charge on any atom is -0.379 e. The Balaban J connectivity index is 3.15. The molecule has 18 heavy (non-hydrogen) atoms. The maximum Gasteiger partial charge on any atom is 0.106 e. The average Bonchev–Trinajstić information content (AvgIpc) is 2.36. The van der Waals surface area contributed by atoms with Gasteiger partial charge in [-0.1, -0.05) is 65.2 Å². The Hall–Kier alpha value is -0.120. The van der Waals surface area contributed by atoms with Gasteiger partial charge in [0.2, 0.25) is 0 Å². The first-order valence-corrected chi connectivity index (χ1v) is 7.82. The molecule has 0 radical (unpaired) electrons. The Morgan fingerprint density at radius 3 is 1.72 bits per heavy atom. The predicted molar refractivity (Wildman–Crippen MR) is 77.3 cm³/mol. The minimum atomic E-state index is -0.571. The molecule has 3 heteroatoms. The second kappa shape index (κ2) is 13.3. The third-order valence-electron chi connectivity index (χ3n) is 3.35. The third-order valence-corrected chi connectivity index (χ3v) is 3.35. The number of aliphatic hydroxyl groups is 2. The molecule has 0 rings (SSSR count). The standard InChI is InChI=1S/C15H33NO2/c1-3-5-6-7-8-9-10-11-12-13-15(18)16-14(17)4-2/h14-18H,3-13H2,1-2H3. The van der Waals surface area contributed by atoms with Crippen LogP contribution in [0.15, 0.2) is 0 Å². The number of nitrogens with one attached hydrogen (secondary N) is 1. The third kappa shape index (κ3) is 12.3. The van der Waals surface area contributed by atoms with Gasteiger partial charge in [0.15, 0.2) is 0 Å². The van der Waals surface area contributed by atoms with E-state index in [1.165, 1.54) is 51.4 Å². The molecular formula is C15H33NO2. The zero-order chi connectivity index (χ0) is 13.6. The van der Waals surface area contributed by atoms with Gasteiger partial charge in [0.25, 0.3) is 0 Å². The van der Waals surface area contributed by atoms with Gasteiger partial charge < -0.3 is 10.2 Å². The van der Waals surface area contributed by atoms with Crippen LogP contribution >= 0.6 is 0 Å². The lowest BCUT2D eigenvalue weighted by atomic mass is 10.1. The van der Waals surface area contributed by atoms with Gasteiger partial charge in [-0.05, 0) is 19.3 Å². The second-order valence-electron chi connectivity index (χ2n) is 5.22. The van der Waals surface area contributed by atoms with Gasteiger partial charge in [-0.25, -0.2) is 0 Å². The molecule has 0 amide bonds. The van der Waals surface area contributed by atoms with Crippen molar-refractivity contribution in [2.75, 3.05) is 0 Å². The van der Waals surface area contributed by atoms with Crippen molar-refractivity contribution in [2.45, 2.75) is 96.9 Å². The lowest BCUT2D eigenvalue weighted by Crippen LogP contribution is -2.37. The first-order chi connectivity index (χ1) is 8.70. The molecule has 0 aromatic carbocycles. The molecule has 2 unspecified atom stereocenters. The summed E-state index contributed by atoms with van der Waals surface area (Å²) in [6.45, 7) is 4.14. The molecule has 0 aliphatic rings. The SMILES string of the molecule is CCCCCCCCCCCC(O)NC(O)CC. The summed E-state index contributed by atoms with van der Waals surface area (Å²) in [5.41, 5.74) is 0. The summed E-state index contributed by atoms with van der Waals surface area (Å²) in [4.78, 5) is 0. The van der Waals surface area contributed by atoms with Crippen molar-refractivity contribution >= 4 is 0 Å². The van der Waals surface area contributed by atoms with Crippen LogP contribution in [0.3, 0.4) is 0 Å². The molecule has 0 aromatic heterocycles. The van der Waals surface area contributed by atoms with E-state index >= 15 is 0 Å². The van der Waals surface area contributed by atoms with Crippen molar-refractivity contribution in [3.63, 3.8) is 0 Å². The van der Waals surface area contributed by atoms with E-state index in [1.807, 2.05) is 6.92 Å². The van der Waals surface area contributed by atoms with E-state index in [0.29, 0.717) is 6.42 Å². The maximum atomic E-state index is 9.58. The van der Waals surface area contributed by atoms with Crippen LogP contribution in [0, 0.1) is 0 Å². The zero-order valence-corrected chi connectivity index (χ0v) is 12.3. The van der Waals surface area contributed by atoms with Crippen molar-refractivity contribution in [1.82, 2.24) is 5.32 Å². The highest BCUT2D eigenvalue weighted by Crippen LogP contribution is 2.11. The van der Waals surface area contributed by atoms with E-state index in [-0.39, 0.29) is 0 Å². The molecular weight excluding hydrogens is 226 g/mol. The van der Waals surface area contributed by atoms with E-state index in [4.69, 9.17) is 0 Å². The fourth-order valence-corrected chi connectivity index (χ4v) is 2.07. The number of hydrogen-bond donors (Lipinski definition) is 3. The van der Waals surface area contributed by atoms with Gasteiger partial charge >= 0.3 is 0 Å². The van der Waals surface area contributed by atoms with Crippen molar-refractivity contribution < 1.29 is 10.2 Å². The number of hydrogen-bond acceptors (Lipinski definition) is 3. The fourth-order valence-electron chi connectivity index (χ4n) is 2.07. The number of aliphatic hydroxyl groups excluding tert-OH is 2. The number of rotatable bonds is 13. The molecule has 0 aliphatic heterocycles. The summed E-state index contributed by atoms with van der Waals surface area (Å²) in [5.74, 6) is 0. The normalized spacial score (nSPS) is 14.7. The smallest absolute Gasteiger partial charge is 0.106 e. The van der Waals surface area contributed by atoms with E-state index in [1.54, 1.807) is 0 Å². The fraction of sp³-hybridized carbons (Fsp3) is 1.00. The van der Waals surface area contributed by atoms with Crippen LogP contribution in [0.2, 0.25) is 0 Å². The molecule has 0 aliphatic carbocycles. The molecule has 0 aromatic rings. The minimum absolute atomic E-state index is 0.551. The molecule has 0 saturated heterocycles. The second-order valence-corrected chi connectivity index (χ2v) is 5.22. The van der Waals surface area contributed by atoms with Crippen LogP contribution in [-0.2, 0) is 0 Å². The average molecular weight is 259 g/mol. The van der Waals surface area contributed by atoms with Gasteiger partial charge in [-0.3, -0.25) is 5.32 Å². The monoisotopic (exact) mass is 259 g/mol. The van der Waals surface area contributed by atoms with Gasteiger partial charge in [0.05, 0.1) is 0 Å².